The van der Waals surface area contributed by atoms with E-state index >= 15 is 0 Å². The Morgan fingerprint density at radius 1 is 0.429 bits per heavy atom. The number of rotatable bonds is 0. The van der Waals surface area contributed by atoms with Gasteiger partial charge in [-0.15, -0.1) is 0 Å². The molecule has 0 spiro atoms. The van der Waals surface area contributed by atoms with Crippen LogP contribution in [0.25, 0.3) is 0 Å². The van der Waals surface area contributed by atoms with Crippen LogP contribution in [0.2, 0.25) is 0 Å². The zero-order chi connectivity index (χ0) is 0. The molecule has 0 saturated heterocycles. The van der Waals surface area contributed by atoms with Crippen molar-refractivity contribution in [3.63, 3.8) is 0 Å². The minimum atomic E-state index is 0. The van der Waals surface area contributed by atoms with Crippen LogP contribution >= 0.6 is 0 Å². The summed E-state index contributed by atoms with van der Waals surface area (Å²) in [6, 6.07) is 0. The molecule has 0 amide bonds. The molecule has 0 aromatic rings. The summed E-state index contributed by atoms with van der Waals surface area (Å²) in [6.45, 7) is 0. The molecule has 0 fully saturated rings. The average molecular weight is 263 g/mol. The Kier molecular flexibility index (Phi) is 7110. The van der Waals surface area contributed by atoms with Crippen molar-refractivity contribution in [2.75, 3.05) is 0 Å². The molecule has 7 heavy (non-hydrogen) atoms. The van der Waals surface area contributed by atoms with Crippen LogP contribution in [0.1, 0.15) is 0 Å². The van der Waals surface area contributed by atoms with E-state index in [1.165, 1.54) is 0 Å². The van der Waals surface area contributed by atoms with Gasteiger partial charge in [0.2, 0.25) is 0 Å². The van der Waals surface area contributed by atoms with E-state index in [1.807, 2.05) is 0 Å². The van der Waals surface area contributed by atoms with Gasteiger partial charge in [-0.25, -0.2) is 0 Å². The standard InChI is InChI=1S/Eu.3FH.3H2O/h;3*1H;3*1H2/q+2;;;;;;/p-3. The monoisotopic (exact) mass is 264 g/mol. The Morgan fingerprint density at radius 3 is 0.429 bits per heavy atom. The van der Waals surface area contributed by atoms with Crippen molar-refractivity contribution in [3.05, 3.63) is 0 Å². The maximum atomic E-state index is 0. The largest absolute Gasteiger partial charge is 2.00 e. The summed E-state index contributed by atoms with van der Waals surface area (Å²) >= 11 is 0. The SMILES string of the molecule is O.O.O.[Eu+2].[F-].[F-].[F-]. The first kappa shape index (κ1) is 276. The predicted octanol–water partition coefficient (Wildman–Crippen LogP) is -11.5. The number of halogens is 3. The molecule has 1 radical (unpaired) electrons. The van der Waals surface area contributed by atoms with E-state index in [0.717, 1.165) is 0 Å². The van der Waals surface area contributed by atoms with Gasteiger partial charge in [0.25, 0.3) is 0 Å². The van der Waals surface area contributed by atoms with Crippen LogP contribution < -0.4 is 14.1 Å². The first-order chi connectivity index (χ1) is 0. The first-order valence-electron chi connectivity index (χ1n) is 0. The van der Waals surface area contributed by atoms with Crippen LogP contribution in [0.3, 0.4) is 0 Å². The maximum absolute atomic E-state index is 0. The van der Waals surface area contributed by atoms with Crippen LogP contribution in [-0.4, -0.2) is 16.4 Å². The van der Waals surface area contributed by atoms with E-state index < -0.39 is 0 Å². The Bertz CT molecular complexity index is 10.1. The van der Waals surface area contributed by atoms with Gasteiger partial charge in [0.05, 0.1) is 0 Å². The molecule has 0 rings (SSSR count). The van der Waals surface area contributed by atoms with Gasteiger partial charge in [0.15, 0.2) is 0 Å². The molecule has 0 unspecified atom stereocenters. The summed E-state index contributed by atoms with van der Waals surface area (Å²) < 4.78 is 0. The molecule has 53 valence electrons. The van der Waals surface area contributed by atoms with Gasteiger partial charge in [0, 0.05) is 0 Å². The van der Waals surface area contributed by atoms with Crippen molar-refractivity contribution in [1.82, 2.24) is 0 Å². The van der Waals surface area contributed by atoms with E-state index in [1.54, 1.807) is 0 Å². The van der Waals surface area contributed by atoms with Crippen LogP contribution in [-0.2, 0) is 0 Å². The van der Waals surface area contributed by atoms with Crippen LogP contribution in [0, 0.1) is 49.4 Å². The van der Waals surface area contributed by atoms with Crippen molar-refractivity contribution in [3.8, 4) is 0 Å². The molecule has 7 heteroatoms. The topological polar surface area (TPSA) is 94.5 Å². The molecular weight excluding hydrogens is 257 g/mol. The van der Waals surface area contributed by atoms with Crippen molar-refractivity contribution >= 4 is 0 Å². The maximum Gasteiger partial charge on any atom is 2.00 e. The van der Waals surface area contributed by atoms with E-state index in [0.29, 0.717) is 0 Å². The van der Waals surface area contributed by atoms with Gasteiger partial charge in [-0.1, -0.05) is 0 Å². The molecule has 0 aromatic carbocycles. The molecule has 0 aliphatic rings. The van der Waals surface area contributed by atoms with Gasteiger partial charge in [0.1, 0.15) is 0 Å². The second kappa shape index (κ2) is 180. The van der Waals surface area contributed by atoms with Crippen LogP contribution in [0.4, 0.5) is 0 Å². The fourth-order valence-corrected chi connectivity index (χ4v) is 0. The quantitative estimate of drug-likeness (QED) is 0.415. The summed E-state index contributed by atoms with van der Waals surface area (Å²) in [5, 5.41) is 0. The Labute approximate surface area is 79.0 Å². The van der Waals surface area contributed by atoms with E-state index in [4.69, 9.17) is 0 Å². The number of hydrogen-bond donors (Lipinski definition) is 0. The Hall–Kier alpha value is 1.25. The molecule has 0 aliphatic carbocycles. The molecule has 0 aliphatic heterocycles. The predicted molar refractivity (Wildman–Crippen MR) is 10.8 cm³/mol. The van der Waals surface area contributed by atoms with Gasteiger partial charge < -0.3 is 30.5 Å². The Balaban J connectivity index is 0. The zero-order valence-corrected chi connectivity index (χ0v) is 5.44. The first-order valence-corrected chi connectivity index (χ1v) is 0. The summed E-state index contributed by atoms with van der Waals surface area (Å²) in [5.41, 5.74) is 0. The summed E-state index contributed by atoms with van der Waals surface area (Å²) in [5.74, 6) is 0. The summed E-state index contributed by atoms with van der Waals surface area (Å²) in [4.78, 5) is 0. The molecule has 0 heterocycles. The van der Waals surface area contributed by atoms with E-state index in [-0.39, 0.29) is 79.9 Å². The van der Waals surface area contributed by atoms with Gasteiger partial charge in [-0.05, 0) is 0 Å². The molecule has 6 N–H and O–H groups in total. The molecule has 0 atom stereocenters. The molecule has 0 bridgehead atoms. The zero-order valence-electron chi connectivity index (χ0n) is 3.01. The van der Waals surface area contributed by atoms with E-state index in [9.17, 15) is 0 Å². The minimum absolute atomic E-state index is 0. The average Bonchev–Trinajstić information content (AvgIpc) is 0. The fraction of sp³-hybridized carbons (Fsp3) is 0. The summed E-state index contributed by atoms with van der Waals surface area (Å²) in [7, 11) is 0. The Morgan fingerprint density at radius 2 is 0.429 bits per heavy atom. The van der Waals surface area contributed by atoms with Gasteiger partial charge in [-0.2, -0.15) is 0 Å². The second-order valence-corrected chi connectivity index (χ2v) is 0. The van der Waals surface area contributed by atoms with E-state index in [2.05, 4.69) is 0 Å². The minimum Gasteiger partial charge on any atom is -1.00 e. The molecule has 0 aromatic heterocycles. The third-order valence-corrected chi connectivity index (χ3v) is 0. The smallest absolute Gasteiger partial charge is 1.00 e. The van der Waals surface area contributed by atoms with Crippen molar-refractivity contribution < 1.29 is 79.9 Å². The van der Waals surface area contributed by atoms with Gasteiger partial charge in [-0.3, -0.25) is 0 Å². The molecule has 0 saturated carbocycles. The summed E-state index contributed by atoms with van der Waals surface area (Å²) in [6.07, 6.45) is 0. The van der Waals surface area contributed by atoms with Crippen LogP contribution in [0.15, 0.2) is 0 Å². The van der Waals surface area contributed by atoms with Gasteiger partial charge >= 0.3 is 49.4 Å². The van der Waals surface area contributed by atoms with Crippen molar-refractivity contribution in [2.45, 2.75) is 0 Å². The molecular formula is H6EuF3O3-. The van der Waals surface area contributed by atoms with Crippen LogP contribution in [0.5, 0.6) is 0 Å². The van der Waals surface area contributed by atoms with Crippen molar-refractivity contribution in [2.24, 2.45) is 0 Å². The van der Waals surface area contributed by atoms with Crippen molar-refractivity contribution in [1.29, 1.82) is 0 Å². The third kappa shape index (κ3) is 127. The fourth-order valence-electron chi connectivity index (χ4n) is 0. The third-order valence-electron chi connectivity index (χ3n) is 0. The normalized spacial score (nSPS) is 0. The molecule has 3 nitrogen and oxygen atoms in total. The number of hydrogen-bond acceptors (Lipinski definition) is 0. The second-order valence-electron chi connectivity index (χ2n) is 0.